The molecular weight excluding hydrogens is 284 g/mol. The van der Waals surface area contributed by atoms with E-state index < -0.39 is 34.9 Å². The van der Waals surface area contributed by atoms with Gasteiger partial charge in [0.1, 0.15) is 0 Å². The van der Waals surface area contributed by atoms with E-state index in [1.807, 2.05) is 0 Å². The number of carbonyl (C=O) groups is 3. The van der Waals surface area contributed by atoms with Crippen molar-refractivity contribution in [2.75, 3.05) is 0 Å². The predicted molar refractivity (Wildman–Crippen MR) is 68.0 cm³/mol. The van der Waals surface area contributed by atoms with Gasteiger partial charge in [0, 0.05) is 12.8 Å². The molecule has 1 aliphatic carbocycles. The van der Waals surface area contributed by atoms with Gasteiger partial charge in [-0.1, -0.05) is 6.08 Å². The summed E-state index contributed by atoms with van der Waals surface area (Å²) in [6, 6.07) is 0. The molecule has 2 rings (SSSR count). The number of ketones is 1. The summed E-state index contributed by atoms with van der Waals surface area (Å²) in [7, 11) is 0. The zero-order valence-corrected chi connectivity index (χ0v) is 10.9. The van der Waals surface area contributed by atoms with E-state index >= 15 is 0 Å². The third kappa shape index (κ3) is 3.30. The van der Waals surface area contributed by atoms with Crippen LogP contribution in [0.3, 0.4) is 0 Å². The quantitative estimate of drug-likeness (QED) is 0.601. The summed E-state index contributed by atoms with van der Waals surface area (Å²) in [6.07, 6.45) is 3.54. The highest BCUT2D eigenvalue weighted by atomic mass is 19.2. The topological polar surface area (TPSA) is 83.5 Å². The van der Waals surface area contributed by atoms with Crippen LogP contribution in [-0.2, 0) is 14.4 Å². The first kappa shape index (κ1) is 15.2. The Labute approximate surface area is 119 Å². The number of hydrogen-bond acceptors (Lipinski definition) is 4. The van der Waals surface area contributed by atoms with Crippen molar-refractivity contribution in [3.8, 4) is 0 Å². The van der Waals surface area contributed by atoms with Gasteiger partial charge in [-0.15, -0.1) is 0 Å². The highest BCUT2D eigenvalue weighted by molar-refractivity contribution is 6.02. The molecule has 1 heterocycles. The van der Waals surface area contributed by atoms with Crippen LogP contribution >= 0.6 is 0 Å². The van der Waals surface area contributed by atoms with E-state index in [0.29, 0.717) is 6.08 Å². The summed E-state index contributed by atoms with van der Waals surface area (Å²) < 4.78 is 26.0. The number of nitrogens with one attached hydrogen (secondary N) is 1. The Kier molecular flexibility index (Phi) is 4.13. The van der Waals surface area contributed by atoms with Crippen LogP contribution in [0.2, 0.25) is 0 Å². The van der Waals surface area contributed by atoms with Crippen LogP contribution in [0.15, 0.2) is 36.0 Å². The molecule has 0 aromatic rings. The fourth-order valence-electron chi connectivity index (χ4n) is 2.09. The average molecular weight is 297 g/mol. The summed E-state index contributed by atoms with van der Waals surface area (Å²) in [5.41, 5.74) is -2.16. The molecule has 0 saturated carbocycles. The number of allylic oxidation sites excluding steroid dienone is 2. The van der Waals surface area contributed by atoms with Gasteiger partial charge < -0.3 is 5.11 Å². The highest BCUT2D eigenvalue weighted by Crippen LogP contribution is 2.29. The van der Waals surface area contributed by atoms with Gasteiger partial charge in [0.15, 0.2) is 23.0 Å². The van der Waals surface area contributed by atoms with Crippen LogP contribution in [0.1, 0.15) is 19.3 Å². The number of imide groups is 1. The number of carbonyl (C=O) groups excluding carboxylic acids is 3. The minimum absolute atomic E-state index is 0.154. The second-order valence-electron chi connectivity index (χ2n) is 4.95. The molecule has 0 bridgehead atoms. The molecule has 0 spiro atoms. The fraction of sp³-hybridized carbons (Fsp3) is 0.357. The summed E-state index contributed by atoms with van der Waals surface area (Å²) >= 11 is 0. The normalized spacial score (nSPS) is 30.0. The van der Waals surface area contributed by atoms with Crippen molar-refractivity contribution in [3.63, 3.8) is 0 Å². The van der Waals surface area contributed by atoms with Crippen LogP contribution in [0.5, 0.6) is 0 Å². The van der Waals surface area contributed by atoms with Gasteiger partial charge in [0.05, 0.1) is 5.92 Å². The van der Waals surface area contributed by atoms with Crippen LogP contribution in [-0.4, -0.2) is 28.3 Å². The van der Waals surface area contributed by atoms with Gasteiger partial charge in [-0.25, -0.2) is 8.78 Å². The summed E-state index contributed by atoms with van der Waals surface area (Å²) in [5.74, 6) is -4.86. The minimum atomic E-state index is -2.16. The van der Waals surface area contributed by atoms with Crippen molar-refractivity contribution >= 4 is 17.6 Å². The van der Waals surface area contributed by atoms with E-state index in [9.17, 15) is 28.3 Å². The van der Waals surface area contributed by atoms with Crippen LogP contribution in [0.4, 0.5) is 8.78 Å². The van der Waals surface area contributed by atoms with Crippen molar-refractivity contribution < 1.29 is 28.3 Å². The maximum atomic E-state index is 13.1. The van der Waals surface area contributed by atoms with E-state index in [2.05, 4.69) is 5.32 Å². The Morgan fingerprint density at radius 3 is 2.71 bits per heavy atom. The van der Waals surface area contributed by atoms with Crippen molar-refractivity contribution in [2.45, 2.75) is 24.9 Å². The number of piperidine rings is 1. The lowest BCUT2D eigenvalue weighted by Crippen LogP contribution is -2.40. The molecule has 0 radical (unpaired) electrons. The summed E-state index contributed by atoms with van der Waals surface area (Å²) in [5, 5.41) is 12.1. The van der Waals surface area contributed by atoms with E-state index in [-0.39, 0.29) is 25.2 Å². The largest absolute Gasteiger partial charge is 0.377 e. The molecule has 1 saturated heterocycles. The maximum Gasteiger partial charge on any atom is 0.233 e. The van der Waals surface area contributed by atoms with Crippen molar-refractivity contribution in [2.24, 2.45) is 5.92 Å². The molecule has 2 amide bonds. The first-order valence-electron chi connectivity index (χ1n) is 6.35. The molecule has 0 aromatic carbocycles. The van der Waals surface area contributed by atoms with E-state index in [1.54, 1.807) is 0 Å². The molecule has 7 heteroatoms. The second kappa shape index (κ2) is 5.69. The molecule has 21 heavy (non-hydrogen) atoms. The smallest absolute Gasteiger partial charge is 0.233 e. The zero-order valence-electron chi connectivity index (χ0n) is 10.9. The number of halogens is 2. The lowest BCUT2D eigenvalue weighted by Gasteiger charge is -2.23. The van der Waals surface area contributed by atoms with Crippen molar-refractivity contribution in [1.29, 1.82) is 0 Å². The molecule has 1 aliphatic heterocycles. The highest BCUT2D eigenvalue weighted by Gasteiger charge is 2.35. The van der Waals surface area contributed by atoms with Gasteiger partial charge in [0.2, 0.25) is 11.8 Å². The van der Waals surface area contributed by atoms with Crippen molar-refractivity contribution in [1.82, 2.24) is 5.32 Å². The van der Waals surface area contributed by atoms with Crippen LogP contribution in [0.25, 0.3) is 0 Å². The SMILES string of the molecule is O=C1CCC(/C=C/C(=O)C2(O)C=C(F)C(F)=CC2)C(=O)N1. The van der Waals surface area contributed by atoms with Gasteiger partial charge in [0.25, 0.3) is 0 Å². The predicted octanol–water partition coefficient (Wildman–Crippen LogP) is 1.01. The average Bonchev–Trinajstić information content (AvgIpc) is 2.42. The Balaban J connectivity index is 2.06. The zero-order chi connectivity index (χ0) is 15.6. The summed E-state index contributed by atoms with van der Waals surface area (Å²) in [4.78, 5) is 34.3. The number of hydrogen-bond donors (Lipinski definition) is 2. The van der Waals surface area contributed by atoms with Gasteiger partial charge in [-0.3, -0.25) is 19.7 Å². The Morgan fingerprint density at radius 1 is 1.38 bits per heavy atom. The summed E-state index contributed by atoms with van der Waals surface area (Å²) in [6.45, 7) is 0. The van der Waals surface area contributed by atoms with Gasteiger partial charge in [-0.2, -0.15) is 0 Å². The Morgan fingerprint density at radius 2 is 2.10 bits per heavy atom. The number of rotatable bonds is 3. The standard InChI is InChI=1S/C14H13F2NO4/c15-9-5-6-14(21,7-10(9)16)11(18)3-1-8-2-4-12(19)17-13(8)20/h1,3,5,7-8,21H,2,4,6H2,(H,17,19,20)/b3-1+. The van der Waals surface area contributed by atoms with E-state index in [1.165, 1.54) is 6.08 Å². The Bertz CT molecular complexity index is 594. The molecular formula is C14H13F2NO4. The second-order valence-corrected chi connectivity index (χ2v) is 4.95. The van der Waals surface area contributed by atoms with Crippen molar-refractivity contribution in [3.05, 3.63) is 36.0 Å². The lowest BCUT2D eigenvalue weighted by atomic mass is 9.88. The molecule has 112 valence electrons. The van der Waals surface area contributed by atoms with Crippen LogP contribution < -0.4 is 5.32 Å². The maximum absolute atomic E-state index is 13.1. The fourth-order valence-corrected chi connectivity index (χ4v) is 2.09. The molecule has 1 fully saturated rings. The molecule has 2 atom stereocenters. The third-order valence-corrected chi connectivity index (χ3v) is 3.37. The minimum Gasteiger partial charge on any atom is -0.377 e. The first-order chi connectivity index (χ1) is 9.82. The molecule has 2 unspecified atom stereocenters. The van der Waals surface area contributed by atoms with E-state index in [0.717, 1.165) is 12.2 Å². The lowest BCUT2D eigenvalue weighted by molar-refractivity contribution is -0.135. The molecule has 2 N–H and O–H groups in total. The van der Waals surface area contributed by atoms with Gasteiger partial charge >= 0.3 is 0 Å². The molecule has 0 aromatic heterocycles. The van der Waals surface area contributed by atoms with Gasteiger partial charge in [-0.05, 0) is 24.6 Å². The third-order valence-electron chi connectivity index (χ3n) is 3.37. The molecule has 2 aliphatic rings. The first-order valence-corrected chi connectivity index (χ1v) is 6.35. The van der Waals surface area contributed by atoms with Crippen LogP contribution in [0, 0.1) is 5.92 Å². The van der Waals surface area contributed by atoms with E-state index in [4.69, 9.17) is 0 Å². The molecule has 5 nitrogen and oxygen atoms in total. The Hall–Kier alpha value is -2.15. The monoisotopic (exact) mass is 297 g/mol. The number of aliphatic hydroxyl groups is 1. The number of amides is 2.